The summed E-state index contributed by atoms with van der Waals surface area (Å²) < 4.78 is 9.58. The Kier molecular flexibility index (Phi) is 2.87. The van der Waals surface area contributed by atoms with E-state index in [1.807, 2.05) is 0 Å². The van der Waals surface area contributed by atoms with Crippen molar-refractivity contribution in [3.8, 4) is 0 Å². The van der Waals surface area contributed by atoms with Crippen LogP contribution < -0.4 is 0 Å². The molecule has 1 N–H and O–H groups in total. The van der Waals surface area contributed by atoms with Crippen LogP contribution in [0.15, 0.2) is 0 Å². The first-order valence-electron chi connectivity index (χ1n) is 4.05. The van der Waals surface area contributed by atoms with Crippen LogP contribution in [-0.4, -0.2) is 35.4 Å². The first kappa shape index (κ1) is 9.98. The van der Waals surface area contributed by atoms with Gasteiger partial charge in [0.15, 0.2) is 12.2 Å². The average molecular weight is 188 g/mol. The monoisotopic (exact) mass is 188 g/mol. The highest BCUT2D eigenvalue weighted by Crippen LogP contribution is 2.21. The molecule has 0 aromatic heterocycles. The van der Waals surface area contributed by atoms with Crippen LogP contribution in [0.4, 0.5) is 0 Å². The maximum Gasteiger partial charge on any atom is 0.310 e. The van der Waals surface area contributed by atoms with E-state index in [1.165, 1.54) is 13.8 Å². The van der Waals surface area contributed by atoms with Gasteiger partial charge < -0.3 is 14.6 Å². The van der Waals surface area contributed by atoms with Crippen molar-refractivity contribution in [2.45, 2.75) is 38.6 Å². The Morgan fingerprint density at radius 2 is 2.38 bits per heavy atom. The summed E-state index contributed by atoms with van der Waals surface area (Å²) in [5.41, 5.74) is 0. The standard InChI is InChI=1S/C8H12O5/c1-4(9)8-6(12-5(2)10)3-7(11)13-8/h4,6,8-9H,3H2,1-2H3/t4-,6+,8-/m1/s1. The molecule has 0 spiro atoms. The molecule has 0 aliphatic carbocycles. The summed E-state index contributed by atoms with van der Waals surface area (Å²) in [6.45, 7) is 2.74. The Balaban J connectivity index is 2.60. The van der Waals surface area contributed by atoms with Crippen molar-refractivity contribution in [2.24, 2.45) is 0 Å². The summed E-state index contributed by atoms with van der Waals surface area (Å²) in [4.78, 5) is 21.4. The summed E-state index contributed by atoms with van der Waals surface area (Å²) in [5, 5.41) is 9.18. The molecule has 5 nitrogen and oxygen atoms in total. The summed E-state index contributed by atoms with van der Waals surface area (Å²) in [6, 6.07) is 0. The van der Waals surface area contributed by atoms with Crippen molar-refractivity contribution in [3.63, 3.8) is 0 Å². The fraction of sp³-hybridized carbons (Fsp3) is 0.750. The highest BCUT2D eigenvalue weighted by molar-refractivity contribution is 5.74. The van der Waals surface area contributed by atoms with Crippen molar-refractivity contribution in [1.29, 1.82) is 0 Å². The van der Waals surface area contributed by atoms with Crippen LogP contribution in [0.2, 0.25) is 0 Å². The van der Waals surface area contributed by atoms with Crippen molar-refractivity contribution in [3.05, 3.63) is 0 Å². The molecule has 1 aliphatic rings. The zero-order chi connectivity index (χ0) is 10.0. The fourth-order valence-corrected chi connectivity index (χ4v) is 1.29. The molecule has 1 aliphatic heterocycles. The van der Waals surface area contributed by atoms with E-state index in [4.69, 9.17) is 9.47 Å². The van der Waals surface area contributed by atoms with Crippen LogP contribution in [0.3, 0.4) is 0 Å². The van der Waals surface area contributed by atoms with E-state index in [1.54, 1.807) is 0 Å². The van der Waals surface area contributed by atoms with Gasteiger partial charge >= 0.3 is 11.9 Å². The largest absolute Gasteiger partial charge is 0.458 e. The van der Waals surface area contributed by atoms with Gasteiger partial charge in [0, 0.05) is 6.92 Å². The molecule has 0 unspecified atom stereocenters. The lowest BCUT2D eigenvalue weighted by Gasteiger charge is -2.19. The second kappa shape index (κ2) is 3.74. The third-order valence-electron chi connectivity index (χ3n) is 1.79. The molecular weight excluding hydrogens is 176 g/mol. The lowest BCUT2D eigenvalue weighted by molar-refractivity contribution is -0.155. The summed E-state index contributed by atoms with van der Waals surface area (Å²) >= 11 is 0. The third-order valence-corrected chi connectivity index (χ3v) is 1.79. The molecule has 0 amide bonds. The van der Waals surface area contributed by atoms with Crippen LogP contribution >= 0.6 is 0 Å². The number of carbonyl (C=O) groups excluding carboxylic acids is 2. The maximum absolute atomic E-state index is 10.8. The van der Waals surface area contributed by atoms with Crippen molar-refractivity contribution < 1.29 is 24.2 Å². The Labute approximate surface area is 75.6 Å². The number of rotatable bonds is 2. The van der Waals surface area contributed by atoms with E-state index in [0.717, 1.165) is 0 Å². The van der Waals surface area contributed by atoms with Gasteiger partial charge in [0.05, 0.1) is 12.5 Å². The summed E-state index contributed by atoms with van der Waals surface area (Å²) in [5.74, 6) is -0.925. The van der Waals surface area contributed by atoms with Gasteiger partial charge in [-0.05, 0) is 6.92 Å². The summed E-state index contributed by atoms with van der Waals surface area (Å²) in [7, 11) is 0. The smallest absolute Gasteiger partial charge is 0.310 e. The number of hydrogen-bond donors (Lipinski definition) is 1. The number of carbonyl (C=O) groups is 2. The minimum absolute atomic E-state index is 0.0230. The number of hydrogen-bond acceptors (Lipinski definition) is 5. The fourth-order valence-electron chi connectivity index (χ4n) is 1.29. The topological polar surface area (TPSA) is 72.8 Å². The minimum atomic E-state index is -0.823. The predicted octanol–water partition coefficient (Wildman–Crippen LogP) is -0.386. The van der Waals surface area contributed by atoms with Gasteiger partial charge in [0.2, 0.25) is 0 Å². The van der Waals surface area contributed by atoms with E-state index in [-0.39, 0.29) is 6.42 Å². The first-order valence-corrected chi connectivity index (χ1v) is 4.05. The van der Waals surface area contributed by atoms with Gasteiger partial charge in [-0.1, -0.05) is 0 Å². The molecule has 13 heavy (non-hydrogen) atoms. The zero-order valence-electron chi connectivity index (χ0n) is 7.52. The minimum Gasteiger partial charge on any atom is -0.458 e. The van der Waals surface area contributed by atoms with Crippen molar-refractivity contribution in [1.82, 2.24) is 0 Å². The van der Waals surface area contributed by atoms with Crippen LogP contribution in [0, 0.1) is 0 Å². The van der Waals surface area contributed by atoms with E-state index in [9.17, 15) is 14.7 Å². The molecule has 1 rings (SSSR count). The normalized spacial score (nSPS) is 29.6. The van der Waals surface area contributed by atoms with Gasteiger partial charge in [-0.25, -0.2) is 0 Å². The molecule has 0 aromatic rings. The Hall–Kier alpha value is -1.10. The highest BCUT2D eigenvalue weighted by atomic mass is 16.6. The Morgan fingerprint density at radius 3 is 2.85 bits per heavy atom. The van der Waals surface area contributed by atoms with Crippen LogP contribution in [0.5, 0.6) is 0 Å². The summed E-state index contributed by atoms with van der Waals surface area (Å²) in [6.07, 6.45) is -2.17. The molecule has 1 fully saturated rings. The highest BCUT2D eigenvalue weighted by Gasteiger charge is 2.40. The van der Waals surface area contributed by atoms with E-state index in [2.05, 4.69) is 0 Å². The maximum atomic E-state index is 10.8. The quantitative estimate of drug-likeness (QED) is 0.598. The first-order chi connectivity index (χ1) is 6.00. The molecule has 0 saturated carbocycles. The van der Waals surface area contributed by atoms with Gasteiger partial charge in [-0.15, -0.1) is 0 Å². The molecule has 1 heterocycles. The SMILES string of the molecule is CC(=O)O[C@H]1CC(=O)O[C@@H]1[C@@H](C)O. The van der Waals surface area contributed by atoms with Crippen LogP contribution in [-0.2, 0) is 19.1 Å². The van der Waals surface area contributed by atoms with Crippen LogP contribution in [0.1, 0.15) is 20.3 Å². The molecule has 1 saturated heterocycles. The van der Waals surface area contributed by atoms with Crippen LogP contribution in [0.25, 0.3) is 0 Å². The lowest BCUT2D eigenvalue weighted by atomic mass is 10.1. The molecular formula is C8H12O5. The van der Waals surface area contributed by atoms with E-state index >= 15 is 0 Å². The Bertz CT molecular complexity index is 223. The molecule has 3 atom stereocenters. The van der Waals surface area contributed by atoms with Gasteiger partial charge in [-0.3, -0.25) is 9.59 Å². The third kappa shape index (κ3) is 2.42. The Morgan fingerprint density at radius 1 is 1.77 bits per heavy atom. The number of ether oxygens (including phenoxy) is 2. The zero-order valence-corrected chi connectivity index (χ0v) is 7.52. The molecule has 5 heteroatoms. The number of cyclic esters (lactones) is 1. The molecule has 0 aromatic carbocycles. The number of aliphatic hydroxyl groups is 1. The predicted molar refractivity (Wildman–Crippen MR) is 41.7 cm³/mol. The molecule has 0 radical (unpaired) electrons. The van der Waals surface area contributed by atoms with Crippen molar-refractivity contribution in [2.75, 3.05) is 0 Å². The average Bonchev–Trinajstić information content (AvgIpc) is 2.29. The second-order valence-corrected chi connectivity index (χ2v) is 3.05. The number of esters is 2. The van der Waals surface area contributed by atoms with Gasteiger partial charge in [0.1, 0.15) is 0 Å². The number of aliphatic hydroxyl groups excluding tert-OH is 1. The van der Waals surface area contributed by atoms with Crippen molar-refractivity contribution >= 4 is 11.9 Å². The molecule has 74 valence electrons. The molecule has 0 bridgehead atoms. The van der Waals surface area contributed by atoms with E-state index < -0.39 is 30.3 Å². The van der Waals surface area contributed by atoms with Gasteiger partial charge in [0.25, 0.3) is 0 Å². The van der Waals surface area contributed by atoms with E-state index in [0.29, 0.717) is 0 Å². The van der Waals surface area contributed by atoms with Gasteiger partial charge in [-0.2, -0.15) is 0 Å². The lowest BCUT2D eigenvalue weighted by Crippen LogP contribution is -2.35. The second-order valence-electron chi connectivity index (χ2n) is 3.05.